The molecule has 0 saturated carbocycles. The molecule has 0 bridgehead atoms. The van der Waals surface area contributed by atoms with Gasteiger partial charge in [0.05, 0.1) is 5.52 Å². The van der Waals surface area contributed by atoms with Gasteiger partial charge in [-0.2, -0.15) is 0 Å². The van der Waals surface area contributed by atoms with Crippen LogP contribution in [0.15, 0.2) is 36.4 Å². The molecule has 1 heterocycles. The summed E-state index contributed by atoms with van der Waals surface area (Å²) in [5, 5.41) is 3.94. The molecule has 1 aromatic heterocycles. The van der Waals surface area contributed by atoms with Crippen LogP contribution in [0.25, 0.3) is 10.9 Å². The first-order chi connectivity index (χ1) is 9.16. The Balaban J connectivity index is 1.97. The van der Waals surface area contributed by atoms with Gasteiger partial charge in [0.2, 0.25) is 0 Å². The Kier molecular flexibility index (Phi) is 4.47. The van der Waals surface area contributed by atoms with E-state index >= 15 is 0 Å². The molecule has 1 amide bonds. The largest absolute Gasteiger partial charge is 0.351 e. The van der Waals surface area contributed by atoms with Crippen LogP contribution in [0.1, 0.15) is 16.9 Å². The summed E-state index contributed by atoms with van der Waals surface area (Å²) in [6.07, 6.45) is 0.937. The monoisotopic (exact) mass is 257 g/mol. The van der Waals surface area contributed by atoms with Crippen molar-refractivity contribution in [1.82, 2.24) is 15.2 Å². The van der Waals surface area contributed by atoms with Crippen LogP contribution in [0.2, 0.25) is 0 Å². The molecule has 19 heavy (non-hydrogen) atoms. The quantitative estimate of drug-likeness (QED) is 0.832. The van der Waals surface area contributed by atoms with Crippen molar-refractivity contribution >= 4 is 16.8 Å². The summed E-state index contributed by atoms with van der Waals surface area (Å²) in [6, 6.07) is 11.5. The van der Waals surface area contributed by atoms with Crippen LogP contribution in [0, 0.1) is 0 Å². The maximum atomic E-state index is 11.9. The van der Waals surface area contributed by atoms with Crippen LogP contribution in [0.3, 0.4) is 0 Å². The van der Waals surface area contributed by atoms with Crippen LogP contribution in [0.5, 0.6) is 0 Å². The zero-order valence-corrected chi connectivity index (χ0v) is 11.4. The summed E-state index contributed by atoms with van der Waals surface area (Å²) in [5.41, 5.74) is 1.33. The molecule has 1 N–H and O–H groups in total. The van der Waals surface area contributed by atoms with Gasteiger partial charge >= 0.3 is 0 Å². The zero-order chi connectivity index (χ0) is 13.7. The molecule has 0 aliphatic heterocycles. The van der Waals surface area contributed by atoms with Gasteiger partial charge in [-0.1, -0.05) is 24.3 Å². The van der Waals surface area contributed by atoms with Crippen molar-refractivity contribution in [2.24, 2.45) is 0 Å². The minimum absolute atomic E-state index is 0.107. The lowest BCUT2D eigenvalue weighted by molar-refractivity contribution is 0.0947. The van der Waals surface area contributed by atoms with Crippen molar-refractivity contribution < 1.29 is 4.79 Å². The van der Waals surface area contributed by atoms with Gasteiger partial charge in [0, 0.05) is 11.9 Å². The van der Waals surface area contributed by atoms with Gasteiger partial charge in [-0.15, -0.1) is 0 Å². The Morgan fingerprint density at radius 2 is 2.00 bits per heavy atom. The van der Waals surface area contributed by atoms with E-state index in [-0.39, 0.29) is 5.91 Å². The number of carbonyl (C=O) groups is 1. The number of para-hydroxylation sites is 1. The molecule has 0 radical (unpaired) electrons. The Morgan fingerprint density at radius 3 is 2.79 bits per heavy atom. The summed E-state index contributed by atoms with van der Waals surface area (Å²) in [4.78, 5) is 18.4. The van der Waals surface area contributed by atoms with E-state index < -0.39 is 0 Å². The lowest BCUT2D eigenvalue weighted by atomic mass is 10.2. The molecule has 0 fully saturated rings. The van der Waals surface area contributed by atoms with E-state index in [4.69, 9.17) is 0 Å². The highest BCUT2D eigenvalue weighted by molar-refractivity contribution is 5.94. The number of rotatable bonds is 5. The molecule has 2 aromatic rings. The van der Waals surface area contributed by atoms with Crippen molar-refractivity contribution in [1.29, 1.82) is 0 Å². The van der Waals surface area contributed by atoms with Gasteiger partial charge in [0.25, 0.3) is 5.91 Å². The predicted octanol–water partition coefficient (Wildman–Crippen LogP) is 1.92. The molecule has 100 valence electrons. The highest BCUT2D eigenvalue weighted by Crippen LogP contribution is 2.11. The van der Waals surface area contributed by atoms with E-state index in [9.17, 15) is 4.79 Å². The molecule has 1 aromatic carbocycles. The molecule has 0 saturated heterocycles. The number of aromatic nitrogens is 1. The van der Waals surface area contributed by atoms with Gasteiger partial charge in [-0.05, 0) is 39.2 Å². The molecule has 4 heteroatoms. The summed E-state index contributed by atoms with van der Waals surface area (Å²) in [7, 11) is 4.04. The van der Waals surface area contributed by atoms with E-state index in [1.54, 1.807) is 6.07 Å². The highest BCUT2D eigenvalue weighted by atomic mass is 16.1. The highest BCUT2D eigenvalue weighted by Gasteiger charge is 2.07. The minimum atomic E-state index is -0.107. The second-order valence-electron chi connectivity index (χ2n) is 4.80. The molecule has 4 nitrogen and oxygen atoms in total. The van der Waals surface area contributed by atoms with Crippen LogP contribution < -0.4 is 5.32 Å². The molecular formula is C15H19N3O. The Labute approximate surface area is 113 Å². The average Bonchev–Trinajstić information content (AvgIpc) is 2.42. The maximum absolute atomic E-state index is 11.9. The van der Waals surface area contributed by atoms with Crippen molar-refractivity contribution in [3.05, 3.63) is 42.1 Å². The van der Waals surface area contributed by atoms with Gasteiger partial charge < -0.3 is 10.2 Å². The van der Waals surface area contributed by atoms with E-state index in [1.165, 1.54) is 0 Å². The average molecular weight is 257 g/mol. The lowest BCUT2D eigenvalue weighted by Crippen LogP contribution is -2.27. The van der Waals surface area contributed by atoms with E-state index in [2.05, 4.69) is 15.2 Å². The van der Waals surface area contributed by atoms with Crippen LogP contribution in [-0.4, -0.2) is 43.0 Å². The van der Waals surface area contributed by atoms with E-state index in [0.717, 1.165) is 23.9 Å². The predicted molar refractivity (Wildman–Crippen MR) is 77.2 cm³/mol. The molecular weight excluding hydrogens is 238 g/mol. The SMILES string of the molecule is CN(C)CCCNC(=O)c1ccc2ccccc2n1. The van der Waals surface area contributed by atoms with Crippen LogP contribution >= 0.6 is 0 Å². The number of fused-ring (bicyclic) bond motifs is 1. The Bertz CT molecular complexity index is 566. The summed E-state index contributed by atoms with van der Waals surface area (Å²) in [5.74, 6) is -0.107. The molecule has 0 unspecified atom stereocenters. The second-order valence-corrected chi connectivity index (χ2v) is 4.80. The van der Waals surface area contributed by atoms with Gasteiger partial charge in [-0.3, -0.25) is 4.79 Å². The Hall–Kier alpha value is -1.94. The fourth-order valence-electron chi connectivity index (χ4n) is 1.88. The number of pyridine rings is 1. The second kappa shape index (κ2) is 6.29. The normalized spacial score (nSPS) is 10.9. The van der Waals surface area contributed by atoms with Crippen molar-refractivity contribution in [2.75, 3.05) is 27.2 Å². The summed E-state index contributed by atoms with van der Waals surface area (Å²) in [6.45, 7) is 1.64. The molecule has 0 atom stereocenters. The zero-order valence-electron chi connectivity index (χ0n) is 11.4. The smallest absolute Gasteiger partial charge is 0.269 e. The maximum Gasteiger partial charge on any atom is 0.269 e. The third-order valence-corrected chi connectivity index (χ3v) is 2.90. The van der Waals surface area contributed by atoms with Crippen molar-refractivity contribution in [3.63, 3.8) is 0 Å². The minimum Gasteiger partial charge on any atom is -0.351 e. The number of benzene rings is 1. The topological polar surface area (TPSA) is 45.2 Å². The Morgan fingerprint density at radius 1 is 1.21 bits per heavy atom. The van der Waals surface area contributed by atoms with Gasteiger partial charge in [0.1, 0.15) is 5.69 Å². The van der Waals surface area contributed by atoms with Crippen molar-refractivity contribution in [3.8, 4) is 0 Å². The number of nitrogens with one attached hydrogen (secondary N) is 1. The number of nitrogens with zero attached hydrogens (tertiary/aromatic N) is 2. The first-order valence-corrected chi connectivity index (χ1v) is 6.45. The standard InChI is InChI=1S/C15H19N3O/c1-18(2)11-5-10-16-15(19)14-9-8-12-6-3-4-7-13(12)17-14/h3-4,6-9H,5,10-11H2,1-2H3,(H,16,19). The van der Waals surface area contributed by atoms with E-state index in [0.29, 0.717) is 12.2 Å². The van der Waals surface area contributed by atoms with Gasteiger partial charge in [-0.25, -0.2) is 4.98 Å². The molecule has 0 aliphatic carbocycles. The number of carbonyl (C=O) groups excluding carboxylic acids is 1. The molecule has 0 spiro atoms. The van der Waals surface area contributed by atoms with Gasteiger partial charge in [0.15, 0.2) is 0 Å². The first-order valence-electron chi connectivity index (χ1n) is 6.45. The van der Waals surface area contributed by atoms with Crippen molar-refractivity contribution in [2.45, 2.75) is 6.42 Å². The van der Waals surface area contributed by atoms with E-state index in [1.807, 2.05) is 44.4 Å². The molecule has 2 rings (SSSR count). The summed E-state index contributed by atoms with van der Waals surface area (Å²) >= 11 is 0. The van der Waals surface area contributed by atoms with Crippen LogP contribution in [0.4, 0.5) is 0 Å². The fraction of sp³-hybridized carbons (Fsp3) is 0.333. The lowest BCUT2D eigenvalue weighted by Gasteiger charge is -2.09. The third-order valence-electron chi connectivity index (χ3n) is 2.90. The summed E-state index contributed by atoms with van der Waals surface area (Å²) < 4.78 is 0. The third kappa shape index (κ3) is 3.76. The number of amides is 1. The van der Waals surface area contributed by atoms with Crippen LogP contribution in [-0.2, 0) is 0 Å². The molecule has 0 aliphatic rings. The fourth-order valence-corrected chi connectivity index (χ4v) is 1.88. The number of hydrogen-bond acceptors (Lipinski definition) is 3. The first kappa shape index (κ1) is 13.5. The number of hydrogen-bond donors (Lipinski definition) is 1.